The Morgan fingerprint density at radius 2 is 1.77 bits per heavy atom. The van der Waals surface area contributed by atoms with Gasteiger partial charge in [-0.05, 0) is 36.8 Å². The lowest BCUT2D eigenvalue weighted by Crippen LogP contribution is -2.53. The Kier molecular flexibility index (Phi) is 4.19. The van der Waals surface area contributed by atoms with Gasteiger partial charge in [-0.2, -0.15) is 0 Å². The molecule has 5 rings (SSSR count). The minimum Gasteiger partial charge on any atom is -0.370 e. The van der Waals surface area contributed by atoms with Crippen LogP contribution in [0.1, 0.15) is 18.4 Å². The number of para-hydroxylation sites is 1. The van der Waals surface area contributed by atoms with Crippen molar-refractivity contribution in [1.82, 2.24) is 5.32 Å². The molecule has 0 unspecified atom stereocenters. The number of benzene rings is 2. The van der Waals surface area contributed by atoms with Crippen LogP contribution in [0.3, 0.4) is 0 Å². The molecule has 31 heavy (non-hydrogen) atoms. The summed E-state index contributed by atoms with van der Waals surface area (Å²) in [6.45, 7) is 0. The van der Waals surface area contributed by atoms with Gasteiger partial charge in [0.25, 0.3) is 0 Å². The van der Waals surface area contributed by atoms with E-state index in [2.05, 4.69) is 10.6 Å². The zero-order valence-corrected chi connectivity index (χ0v) is 16.3. The number of carbonyl (C=O) groups is 4. The monoisotopic (exact) mass is 422 g/mol. The molecule has 158 valence electrons. The van der Waals surface area contributed by atoms with E-state index in [0.29, 0.717) is 11.3 Å². The second-order valence-corrected chi connectivity index (χ2v) is 8.06. The van der Waals surface area contributed by atoms with Gasteiger partial charge >= 0.3 is 0 Å². The Balaban J connectivity index is 1.64. The molecule has 3 aliphatic heterocycles. The van der Waals surface area contributed by atoms with E-state index in [0.717, 1.165) is 4.90 Å². The lowest BCUT2D eigenvalue weighted by Gasteiger charge is -2.29. The van der Waals surface area contributed by atoms with Crippen LogP contribution < -0.4 is 21.3 Å². The van der Waals surface area contributed by atoms with Gasteiger partial charge in [0, 0.05) is 23.7 Å². The Bertz CT molecular complexity index is 1130. The van der Waals surface area contributed by atoms with Gasteiger partial charge in [0.05, 0.1) is 17.5 Å². The van der Waals surface area contributed by atoms with E-state index in [-0.39, 0.29) is 18.5 Å². The van der Waals surface area contributed by atoms with Crippen molar-refractivity contribution in [1.29, 1.82) is 0 Å². The second-order valence-electron chi connectivity index (χ2n) is 8.06. The molecule has 2 saturated heterocycles. The number of fused-ring (bicyclic) bond motifs is 4. The average Bonchev–Trinajstić information content (AvgIpc) is 3.32. The molecule has 2 aromatic carbocycles. The van der Waals surface area contributed by atoms with Crippen molar-refractivity contribution in [2.75, 3.05) is 10.2 Å². The smallest absolute Gasteiger partial charge is 0.250 e. The van der Waals surface area contributed by atoms with E-state index in [1.807, 2.05) is 0 Å². The molecule has 0 bridgehead atoms. The van der Waals surface area contributed by atoms with E-state index in [1.165, 1.54) is 24.3 Å². The minimum absolute atomic E-state index is 0.00173. The molecule has 8 nitrogen and oxygen atoms in total. The molecule has 4 N–H and O–H groups in total. The van der Waals surface area contributed by atoms with Crippen molar-refractivity contribution in [3.05, 3.63) is 59.9 Å². The minimum atomic E-state index is -1.44. The summed E-state index contributed by atoms with van der Waals surface area (Å²) in [4.78, 5) is 52.6. The lowest BCUT2D eigenvalue weighted by molar-refractivity contribution is -0.130. The fourth-order valence-corrected chi connectivity index (χ4v) is 5.15. The molecular weight excluding hydrogens is 403 g/mol. The van der Waals surface area contributed by atoms with Gasteiger partial charge in [-0.25, -0.2) is 9.29 Å². The Morgan fingerprint density at radius 3 is 2.48 bits per heavy atom. The highest BCUT2D eigenvalue weighted by molar-refractivity contribution is 6.25. The summed E-state index contributed by atoms with van der Waals surface area (Å²) in [5, 5.41) is 6.02. The van der Waals surface area contributed by atoms with Crippen LogP contribution in [0.5, 0.6) is 0 Å². The van der Waals surface area contributed by atoms with E-state index in [1.54, 1.807) is 24.3 Å². The first-order chi connectivity index (χ1) is 14.8. The predicted octanol–water partition coefficient (Wildman–Crippen LogP) is 1.02. The molecule has 0 saturated carbocycles. The lowest BCUT2D eigenvalue weighted by atomic mass is 9.76. The molecule has 3 aliphatic rings. The maximum atomic E-state index is 13.6. The van der Waals surface area contributed by atoms with E-state index in [9.17, 15) is 23.6 Å². The number of nitrogens with zero attached hydrogens (tertiary/aromatic N) is 1. The highest BCUT2D eigenvalue weighted by Gasteiger charge is 2.70. The maximum absolute atomic E-state index is 13.6. The number of nitrogens with one attached hydrogen (secondary N) is 2. The molecule has 3 heterocycles. The van der Waals surface area contributed by atoms with Crippen molar-refractivity contribution in [3.8, 4) is 0 Å². The summed E-state index contributed by atoms with van der Waals surface area (Å²) in [5.74, 6) is -4.36. The molecule has 9 heteroatoms. The van der Waals surface area contributed by atoms with E-state index >= 15 is 0 Å². The fraction of sp³-hybridized carbons (Fsp3) is 0.273. The molecule has 4 atom stereocenters. The normalized spacial score (nSPS) is 28.7. The van der Waals surface area contributed by atoms with Crippen molar-refractivity contribution >= 4 is 35.0 Å². The summed E-state index contributed by atoms with van der Waals surface area (Å²) >= 11 is 0. The van der Waals surface area contributed by atoms with Gasteiger partial charge in [0.2, 0.25) is 23.6 Å². The summed E-state index contributed by atoms with van der Waals surface area (Å²) < 4.78 is 13.4. The van der Waals surface area contributed by atoms with Gasteiger partial charge in [-0.3, -0.25) is 24.5 Å². The Morgan fingerprint density at radius 1 is 1.06 bits per heavy atom. The van der Waals surface area contributed by atoms with E-state index < -0.39 is 52.9 Å². The maximum Gasteiger partial charge on any atom is 0.250 e. The van der Waals surface area contributed by atoms with Crippen LogP contribution in [0, 0.1) is 17.7 Å². The summed E-state index contributed by atoms with van der Waals surface area (Å²) in [6, 6.07) is 11.4. The van der Waals surface area contributed by atoms with Crippen LogP contribution in [-0.2, 0) is 24.7 Å². The number of halogens is 1. The summed E-state index contributed by atoms with van der Waals surface area (Å²) in [5.41, 5.74) is 5.25. The highest BCUT2D eigenvalue weighted by Crippen LogP contribution is 2.53. The third-order valence-corrected chi connectivity index (χ3v) is 6.41. The predicted molar refractivity (Wildman–Crippen MR) is 108 cm³/mol. The quantitative estimate of drug-likeness (QED) is 0.635. The van der Waals surface area contributed by atoms with E-state index in [4.69, 9.17) is 5.73 Å². The molecule has 0 aromatic heterocycles. The molecule has 1 spiro atoms. The summed E-state index contributed by atoms with van der Waals surface area (Å²) in [6.07, 6.45) is 0.197. The molecule has 4 amide bonds. The Hall–Kier alpha value is -3.59. The topological polar surface area (TPSA) is 122 Å². The average molecular weight is 422 g/mol. The number of hydrogen-bond acceptors (Lipinski definition) is 5. The number of anilines is 2. The summed E-state index contributed by atoms with van der Waals surface area (Å²) in [7, 11) is 0. The van der Waals surface area contributed by atoms with Crippen molar-refractivity contribution in [3.63, 3.8) is 0 Å². The van der Waals surface area contributed by atoms with Crippen LogP contribution in [0.25, 0.3) is 0 Å². The van der Waals surface area contributed by atoms with Crippen LogP contribution in [0.15, 0.2) is 48.5 Å². The molecule has 0 aliphatic carbocycles. The van der Waals surface area contributed by atoms with Gasteiger partial charge in [0.15, 0.2) is 0 Å². The van der Waals surface area contributed by atoms with Crippen LogP contribution in [-0.4, -0.2) is 29.7 Å². The largest absolute Gasteiger partial charge is 0.370 e. The Labute approximate surface area is 176 Å². The van der Waals surface area contributed by atoms with Crippen molar-refractivity contribution in [2.24, 2.45) is 17.6 Å². The molecule has 2 fully saturated rings. The third-order valence-electron chi connectivity index (χ3n) is 6.41. The molecular formula is C22H19FN4O4. The zero-order valence-electron chi connectivity index (χ0n) is 16.3. The van der Waals surface area contributed by atoms with Gasteiger partial charge < -0.3 is 11.1 Å². The highest BCUT2D eigenvalue weighted by atomic mass is 19.1. The van der Waals surface area contributed by atoms with Crippen LogP contribution >= 0.6 is 0 Å². The number of primary amides is 1. The number of amides is 4. The second kappa shape index (κ2) is 6.71. The number of carbonyl (C=O) groups excluding carboxylic acids is 4. The first kappa shape index (κ1) is 19.4. The van der Waals surface area contributed by atoms with Crippen molar-refractivity contribution < 1.29 is 23.6 Å². The van der Waals surface area contributed by atoms with Crippen LogP contribution in [0.2, 0.25) is 0 Å². The third kappa shape index (κ3) is 2.63. The first-order valence-corrected chi connectivity index (χ1v) is 9.95. The molecule has 2 aromatic rings. The number of rotatable bonds is 4. The van der Waals surface area contributed by atoms with Gasteiger partial charge in [0.1, 0.15) is 11.4 Å². The van der Waals surface area contributed by atoms with Gasteiger partial charge in [-0.15, -0.1) is 0 Å². The van der Waals surface area contributed by atoms with Crippen LogP contribution in [0.4, 0.5) is 15.8 Å². The molecule has 0 radical (unpaired) electrons. The SMILES string of the molecule is NC(=O)CC[C@@H]1N[C@]2(C(=O)Nc3ccccc32)[C@H]2C(=O)N(c3ccc(F)cc3)C(=O)[C@H]12. The van der Waals surface area contributed by atoms with Crippen molar-refractivity contribution in [2.45, 2.75) is 24.4 Å². The number of nitrogens with two attached hydrogens (primary N) is 1. The zero-order chi connectivity index (χ0) is 21.9. The standard InChI is InChI=1S/C22H19FN4O4/c23-11-5-7-12(8-6-11)27-19(29)17-15(9-10-16(24)28)26-22(18(17)20(27)30)13-3-1-2-4-14(13)25-21(22)31/h1-8,15,17-18,26H,9-10H2,(H2,24,28)(H,25,31)/t15-,17+,18+,22-/m0/s1. The fourth-order valence-electron chi connectivity index (χ4n) is 5.15. The number of hydrogen-bond donors (Lipinski definition) is 3. The van der Waals surface area contributed by atoms with Gasteiger partial charge in [-0.1, -0.05) is 18.2 Å². The number of imide groups is 1. The first-order valence-electron chi connectivity index (χ1n) is 9.95.